The number of benzene rings is 4. The third-order valence-electron chi connectivity index (χ3n) is 8.89. The lowest BCUT2D eigenvalue weighted by Gasteiger charge is -2.44. The monoisotopic (exact) mass is 689 g/mol. The zero-order valence-electron chi connectivity index (χ0n) is 27.6. The van der Waals surface area contributed by atoms with Gasteiger partial charge in [-0.05, 0) is 58.1 Å². The van der Waals surface area contributed by atoms with Crippen molar-refractivity contribution in [2.45, 2.75) is 48.6 Å². The molecule has 0 radical (unpaired) electrons. The smallest absolute Gasteiger partial charge is 0.261 e. The SMILES string of the molecule is COc1cccc([C@@H]2S[C@](CCO)(CCO[Si](c3ccccc3)(c3ccccc3)C(C)(C)C)C(NN)=Nc3ccc(Cl)cc32)c1OC. The number of halogens is 1. The van der Waals surface area contributed by atoms with Crippen molar-refractivity contribution in [2.75, 3.05) is 27.4 Å². The van der Waals surface area contributed by atoms with Crippen molar-refractivity contribution < 1.29 is 19.0 Å². The molecular weight excluding hydrogens is 646 g/mol. The summed E-state index contributed by atoms with van der Waals surface area (Å²) in [5.74, 6) is 8.10. The van der Waals surface area contributed by atoms with Gasteiger partial charge >= 0.3 is 0 Å². The number of amidine groups is 1. The number of aliphatic imine (C=N–C) groups is 1. The van der Waals surface area contributed by atoms with Gasteiger partial charge in [0.15, 0.2) is 11.5 Å². The van der Waals surface area contributed by atoms with Crippen LogP contribution in [0.2, 0.25) is 10.1 Å². The summed E-state index contributed by atoms with van der Waals surface area (Å²) in [6.45, 7) is 7.13. The molecule has 1 heterocycles. The van der Waals surface area contributed by atoms with Crippen LogP contribution < -0.4 is 31.1 Å². The molecule has 0 bridgehead atoms. The predicted octanol–water partition coefficient (Wildman–Crippen LogP) is 6.77. The van der Waals surface area contributed by atoms with Gasteiger partial charge in [0.25, 0.3) is 8.32 Å². The third-order valence-corrected chi connectivity index (χ3v) is 16.0. The Kier molecular flexibility index (Phi) is 11.1. The van der Waals surface area contributed by atoms with Crippen LogP contribution in [0.15, 0.2) is 102 Å². The van der Waals surface area contributed by atoms with E-state index in [9.17, 15) is 5.11 Å². The number of nitrogens with zero attached hydrogens (tertiary/aromatic N) is 1. The van der Waals surface area contributed by atoms with Crippen LogP contribution in [-0.4, -0.2) is 51.4 Å². The molecule has 5 rings (SSSR count). The highest BCUT2D eigenvalue weighted by atomic mass is 35.5. The number of nitrogens with two attached hydrogens (primary N) is 1. The van der Waals surface area contributed by atoms with E-state index >= 15 is 0 Å². The second-order valence-electron chi connectivity index (χ2n) is 12.6. The van der Waals surface area contributed by atoms with Crippen LogP contribution in [0.5, 0.6) is 11.5 Å². The van der Waals surface area contributed by atoms with E-state index in [-0.39, 0.29) is 16.9 Å². The summed E-state index contributed by atoms with van der Waals surface area (Å²) in [5, 5.41) is 13.1. The Balaban J connectivity index is 1.63. The molecule has 10 heteroatoms. The van der Waals surface area contributed by atoms with Crippen LogP contribution in [0.4, 0.5) is 5.69 Å². The van der Waals surface area contributed by atoms with E-state index < -0.39 is 13.1 Å². The molecule has 4 aromatic carbocycles. The fourth-order valence-corrected chi connectivity index (χ4v) is 13.2. The molecule has 0 fully saturated rings. The van der Waals surface area contributed by atoms with Crippen molar-refractivity contribution in [1.82, 2.24) is 5.43 Å². The van der Waals surface area contributed by atoms with Gasteiger partial charge in [-0.25, -0.2) is 10.8 Å². The van der Waals surface area contributed by atoms with E-state index in [0.29, 0.717) is 41.8 Å². The van der Waals surface area contributed by atoms with Crippen LogP contribution in [0, 0.1) is 0 Å². The third kappa shape index (κ3) is 6.83. The highest BCUT2D eigenvalue weighted by Gasteiger charge is 2.51. The average Bonchev–Trinajstić information content (AvgIpc) is 3.21. The maximum absolute atomic E-state index is 10.6. The number of para-hydroxylation sites is 1. The number of methoxy groups -OCH3 is 2. The van der Waals surface area contributed by atoms with Gasteiger partial charge in [0.2, 0.25) is 0 Å². The molecule has 0 aliphatic carbocycles. The van der Waals surface area contributed by atoms with E-state index in [1.165, 1.54) is 10.4 Å². The Morgan fingerprint density at radius 2 is 1.55 bits per heavy atom. The molecule has 0 aromatic heterocycles. The molecule has 0 saturated heterocycles. The first-order valence-electron chi connectivity index (χ1n) is 15.7. The number of fused-ring (bicyclic) bond motifs is 1. The molecule has 4 aromatic rings. The van der Waals surface area contributed by atoms with Crippen molar-refractivity contribution in [3.8, 4) is 11.5 Å². The zero-order chi connectivity index (χ0) is 33.7. The number of rotatable bonds is 11. The highest BCUT2D eigenvalue weighted by molar-refractivity contribution is 8.01. The number of hydrogen-bond acceptors (Lipinski definition) is 8. The molecule has 4 N–H and O–H groups in total. The van der Waals surface area contributed by atoms with Crippen molar-refractivity contribution in [3.63, 3.8) is 0 Å². The summed E-state index contributed by atoms with van der Waals surface area (Å²) in [5.41, 5.74) is 5.48. The van der Waals surface area contributed by atoms with Crippen LogP contribution in [0.25, 0.3) is 0 Å². The van der Waals surface area contributed by atoms with Crippen LogP contribution in [0.1, 0.15) is 50.0 Å². The minimum Gasteiger partial charge on any atom is -0.493 e. The van der Waals surface area contributed by atoms with Gasteiger partial charge in [0, 0.05) is 23.8 Å². The highest BCUT2D eigenvalue weighted by Crippen LogP contribution is 2.55. The second kappa shape index (κ2) is 14.8. The van der Waals surface area contributed by atoms with Crippen LogP contribution >= 0.6 is 23.4 Å². The van der Waals surface area contributed by atoms with Crippen LogP contribution in [-0.2, 0) is 4.43 Å². The van der Waals surface area contributed by atoms with Crippen molar-refractivity contribution in [3.05, 3.63) is 113 Å². The molecule has 7 nitrogen and oxygen atoms in total. The van der Waals surface area contributed by atoms with E-state index in [4.69, 9.17) is 36.3 Å². The summed E-state index contributed by atoms with van der Waals surface area (Å²) < 4.78 is 18.2. The van der Waals surface area contributed by atoms with E-state index in [1.54, 1.807) is 26.0 Å². The van der Waals surface area contributed by atoms with Gasteiger partial charge in [-0.2, -0.15) is 0 Å². The molecule has 1 aliphatic rings. The number of aliphatic hydroxyl groups excluding tert-OH is 1. The van der Waals surface area contributed by atoms with Crippen LogP contribution in [0.3, 0.4) is 0 Å². The normalized spacial score (nSPS) is 18.1. The summed E-state index contributed by atoms with van der Waals surface area (Å²) in [6.07, 6.45) is 0.908. The molecule has 0 amide bonds. The van der Waals surface area contributed by atoms with E-state index in [0.717, 1.165) is 16.8 Å². The number of hydrogen-bond donors (Lipinski definition) is 3. The largest absolute Gasteiger partial charge is 0.493 e. The predicted molar refractivity (Wildman–Crippen MR) is 197 cm³/mol. The van der Waals surface area contributed by atoms with Gasteiger partial charge in [0.05, 0.1) is 29.9 Å². The Bertz CT molecular complexity index is 1650. The summed E-state index contributed by atoms with van der Waals surface area (Å²) in [7, 11) is 0.441. The molecule has 0 spiro atoms. The molecule has 0 saturated carbocycles. The van der Waals surface area contributed by atoms with Gasteiger partial charge in [-0.3, -0.25) is 0 Å². The fraction of sp³-hybridized carbons (Fsp3) is 0.324. The van der Waals surface area contributed by atoms with Gasteiger partial charge in [-0.1, -0.05) is 105 Å². The lowest BCUT2D eigenvalue weighted by molar-refractivity contribution is 0.251. The summed E-state index contributed by atoms with van der Waals surface area (Å²) in [6, 6.07) is 32.7. The zero-order valence-corrected chi connectivity index (χ0v) is 30.2. The van der Waals surface area contributed by atoms with Gasteiger partial charge in [0.1, 0.15) is 5.84 Å². The fourth-order valence-electron chi connectivity index (χ4n) is 6.71. The van der Waals surface area contributed by atoms with E-state index in [2.05, 4.69) is 74.7 Å². The minimum atomic E-state index is -2.83. The first-order chi connectivity index (χ1) is 22.6. The van der Waals surface area contributed by atoms with Crippen molar-refractivity contribution in [1.29, 1.82) is 0 Å². The van der Waals surface area contributed by atoms with Crippen molar-refractivity contribution in [2.24, 2.45) is 10.8 Å². The number of ether oxygens (including phenoxy) is 2. The summed E-state index contributed by atoms with van der Waals surface area (Å²) in [4.78, 5) is 5.10. The first kappa shape index (κ1) is 35.0. The first-order valence-corrected chi connectivity index (χ1v) is 18.9. The molecule has 2 atom stereocenters. The maximum atomic E-state index is 10.6. The lowest BCUT2D eigenvalue weighted by Crippen LogP contribution is -2.66. The Morgan fingerprint density at radius 1 is 0.894 bits per heavy atom. The number of nitrogens with one attached hydrogen (secondary N) is 1. The van der Waals surface area contributed by atoms with Crippen molar-refractivity contribution >= 4 is 53.6 Å². The van der Waals surface area contributed by atoms with Gasteiger partial charge < -0.3 is 24.4 Å². The lowest BCUT2D eigenvalue weighted by atomic mass is 9.99. The van der Waals surface area contributed by atoms with Gasteiger partial charge in [-0.15, -0.1) is 11.8 Å². The number of hydrazine groups is 1. The maximum Gasteiger partial charge on any atom is 0.261 e. The molecule has 0 unspecified atom stereocenters. The molecular formula is C37H44ClN3O4SSi. The Labute approximate surface area is 288 Å². The standard InChI is InChI=1S/C37H44ClN3O4SSi/c1-36(2,3)47(27-13-8-6-9-14-27,28-15-10-7-11-16-28)45-24-22-37(21-23-42)35(41-39)40-31-20-19-26(38)25-30(31)34(46-37)29-17-12-18-32(43-4)33(29)44-5/h6-20,25,34,42H,21-24,39H2,1-5H3,(H,40,41)/t34-,37+/m0/s1. The topological polar surface area (TPSA) is 98.3 Å². The summed E-state index contributed by atoms with van der Waals surface area (Å²) >= 11 is 8.27. The molecule has 47 heavy (non-hydrogen) atoms. The average molecular weight is 690 g/mol. The second-order valence-corrected chi connectivity index (χ2v) is 18.8. The number of aliphatic hydroxyl groups is 1. The molecule has 248 valence electrons. The Morgan fingerprint density at radius 3 is 2.11 bits per heavy atom. The quantitative estimate of drug-likeness (QED) is 0.0908. The van der Waals surface area contributed by atoms with E-state index in [1.807, 2.05) is 48.5 Å². The Hall–Kier alpha value is -3.31. The number of thioether (sulfide) groups is 1. The minimum absolute atomic E-state index is 0.0774. The molecule has 1 aliphatic heterocycles.